The van der Waals surface area contributed by atoms with Crippen molar-refractivity contribution in [3.63, 3.8) is 0 Å². The van der Waals surface area contributed by atoms with Crippen LogP contribution in [0.15, 0.2) is 0 Å². The van der Waals surface area contributed by atoms with Gasteiger partial charge in [-0.15, -0.1) is 0 Å². The van der Waals surface area contributed by atoms with Gasteiger partial charge in [0.05, 0.1) is 6.10 Å². The molecule has 1 aliphatic rings. The van der Waals surface area contributed by atoms with Gasteiger partial charge < -0.3 is 15.7 Å². The van der Waals surface area contributed by atoms with Gasteiger partial charge in [0.15, 0.2) is 0 Å². The maximum absolute atomic E-state index is 9.26. The quantitative estimate of drug-likeness (QED) is 0.666. The Balaban J connectivity index is 2.36. The third-order valence-electron chi connectivity index (χ3n) is 3.02. The van der Waals surface area contributed by atoms with E-state index in [0.29, 0.717) is 5.92 Å². The Bertz CT molecular complexity index is 150. The average Bonchev–Trinajstić information content (AvgIpc) is 2.07. The van der Waals surface area contributed by atoms with Crippen molar-refractivity contribution in [3.8, 4) is 0 Å². The Kier molecular flexibility index (Phi) is 4.16. The summed E-state index contributed by atoms with van der Waals surface area (Å²) >= 11 is 0. The molecule has 1 heterocycles. The highest BCUT2D eigenvalue weighted by Crippen LogP contribution is 2.21. The molecule has 3 heteroatoms. The monoisotopic (exact) mass is 186 g/mol. The molecule has 78 valence electrons. The van der Waals surface area contributed by atoms with Gasteiger partial charge in [-0.3, -0.25) is 0 Å². The number of hydrogen-bond donors (Lipinski definition) is 2. The Morgan fingerprint density at radius 1 is 1.62 bits per heavy atom. The van der Waals surface area contributed by atoms with Gasteiger partial charge in [-0.1, -0.05) is 6.92 Å². The molecule has 3 atom stereocenters. The first-order valence-electron chi connectivity index (χ1n) is 5.24. The second kappa shape index (κ2) is 4.94. The summed E-state index contributed by atoms with van der Waals surface area (Å²) in [5.41, 5.74) is 5.70. The number of rotatable bonds is 3. The molecular formula is C10H22N2O. The van der Waals surface area contributed by atoms with Crippen molar-refractivity contribution in [1.29, 1.82) is 0 Å². The second-order valence-corrected chi connectivity index (χ2v) is 4.37. The van der Waals surface area contributed by atoms with Crippen LogP contribution in [0.2, 0.25) is 0 Å². The van der Waals surface area contributed by atoms with Crippen LogP contribution in [-0.2, 0) is 0 Å². The van der Waals surface area contributed by atoms with Gasteiger partial charge in [0, 0.05) is 13.1 Å². The van der Waals surface area contributed by atoms with Crippen molar-refractivity contribution in [3.05, 3.63) is 0 Å². The minimum atomic E-state index is -0.216. The molecule has 1 rings (SSSR count). The van der Waals surface area contributed by atoms with Crippen LogP contribution in [0.1, 0.15) is 20.3 Å². The normalized spacial score (nSPS) is 33.2. The third kappa shape index (κ3) is 3.25. The summed E-state index contributed by atoms with van der Waals surface area (Å²) in [7, 11) is 0. The number of likely N-dealkylation sites (tertiary alicyclic amines) is 1. The smallest absolute Gasteiger partial charge is 0.0639 e. The minimum Gasteiger partial charge on any atom is -0.392 e. The zero-order valence-electron chi connectivity index (χ0n) is 8.74. The lowest BCUT2D eigenvalue weighted by Crippen LogP contribution is -2.44. The molecule has 0 aromatic rings. The Labute approximate surface area is 80.9 Å². The molecule has 0 saturated carbocycles. The zero-order chi connectivity index (χ0) is 9.84. The predicted molar refractivity (Wildman–Crippen MR) is 54.4 cm³/mol. The van der Waals surface area contributed by atoms with Crippen LogP contribution in [0.25, 0.3) is 0 Å². The van der Waals surface area contributed by atoms with Crippen LogP contribution in [0.3, 0.4) is 0 Å². The third-order valence-corrected chi connectivity index (χ3v) is 3.02. The van der Waals surface area contributed by atoms with Crippen LogP contribution in [0, 0.1) is 11.8 Å². The molecule has 13 heavy (non-hydrogen) atoms. The highest BCUT2D eigenvalue weighted by atomic mass is 16.3. The van der Waals surface area contributed by atoms with Crippen LogP contribution >= 0.6 is 0 Å². The predicted octanol–water partition coefficient (Wildman–Crippen LogP) is 0.284. The minimum absolute atomic E-state index is 0.216. The van der Waals surface area contributed by atoms with Crippen LogP contribution in [-0.4, -0.2) is 42.3 Å². The lowest BCUT2D eigenvalue weighted by Gasteiger charge is -2.37. The molecule has 0 aliphatic carbocycles. The van der Waals surface area contributed by atoms with Crippen LogP contribution < -0.4 is 5.73 Å². The van der Waals surface area contributed by atoms with Gasteiger partial charge in [-0.2, -0.15) is 0 Å². The van der Waals surface area contributed by atoms with E-state index in [4.69, 9.17) is 5.73 Å². The molecular weight excluding hydrogens is 164 g/mol. The van der Waals surface area contributed by atoms with Crippen molar-refractivity contribution in [1.82, 2.24) is 4.90 Å². The average molecular weight is 186 g/mol. The molecule has 3 N–H and O–H groups in total. The van der Waals surface area contributed by atoms with E-state index in [0.717, 1.165) is 32.1 Å². The van der Waals surface area contributed by atoms with Gasteiger partial charge in [0.25, 0.3) is 0 Å². The van der Waals surface area contributed by atoms with Crippen molar-refractivity contribution in [2.75, 3.05) is 26.2 Å². The molecule has 0 spiro atoms. The summed E-state index contributed by atoms with van der Waals surface area (Å²) < 4.78 is 0. The summed E-state index contributed by atoms with van der Waals surface area (Å²) in [6, 6.07) is 0. The number of aliphatic hydroxyl groups excluding tert-OH is 1. The summed E-state index contributed by atoms with van der Waals surface area (Å²) in [4.78, 5) is 2.32. The summed E-state index contributed by atoms with van der Waals surface area (Å²) in [6.07, 6.45) is 1.00. The number of aliphatic hydroxyl groups is 1. The van der Waals surface area contributed by atoms with E-state index in [1.807, 2.05) is 6.92 Å². The van der Waals surface area contributed by atoms with Gasteiger partial charge >= 0.3 is 0 Å². The summed E-state index contributed by atoms with van der Waals surface area (Å²) in [5, 5.41) is 9.26. The van der Waals surface area contributed by atoms with Crippen molar-refractivity contribution >= 4 is 0 Å². The highest BCUT2D eigenvalue weighted by molar-refractivity contribution is 4.79. The van der Waals surface area contributed by atoms with E-state index < -0.39 is 0 Å². The molecule has 0 aromatic carbocycles. The molecule has 1 fully saturated rings. The highest BCUT2D eigenvalue weighted by Gasteiger charge is 2.25. The lowest BCUT2D eigenvalue weighted by atomic mass is 9.87. The fraction of sp³-hybridized carbons (Fsp3) is 1.00. The fourth-order valence-corrected chi connectivity index (χ4v) is 2.07. The first kappa shape index (κ1) is 11.0. The molecule has 0 bridgehead atoms. The lowest BCUT2D eigenvalue weighted by molar-refractivity contribution is 0.0763. The van der Waals surface area contributed by atoms with E-state index in [9.17, 15) is 5.11 Å². The SMILES string of the molecule is CC1CCN(C[C@H](C)O)CC1CN. The number of piperidine rings is 1. The number of nitrogens with zero attached hydrogens (tertiary/aromatic N) is 1. The largest absolute Gasteiger partial charge is 0.392 e. The van der Waals surface area contributed by atoms with E-state index >= 15 is 0 Å². The maximum atomic E-state index is 9.26. The van der Waals surface area contributed by atoms with E-state index in [-0.39, 0.29) is 6.10 Å². The number of hydrogen-bond acceptors (Lipinski definition) is 3. The van der Waals surface area contributed by atoms with Gasteiger partial charge in [0.2, 0.25) is 0 Å². The second-order valence-electron chi connectivity index (χ2n) is 4.37. The number of nitrogens with two attached hydrogens (primary N) is 1. The Hall–Kier alpha value is -0.120. The zero-order valence-corrected chi connectivity index (χ0v) is 8.74. The maximum Gasteiger partial charge on any atom is 0.0639 e. The van der Waals surface area contributed by atoms with Crippen molar-refractivity contribution < 1.29 is 5.11 Å². The number of β-amino-alcohol motifs (C(OH)–C–C–N with tert-alkyl or cyclic N) is 1. The van der Waals surface area contributed by atoms with E-state index in [1.165, 1.54) is 6.42 Å². The Morgan fingerprint density at radius 2 is 2.31 bits per heavy atom. The molecule has 1 saturated heterocycles. The molecule has 2 unspecified atom stereocenters. The molecule has 3 nitrogen and oxygen atoms in total. The molecule has 0 amide bonds. The Morgan fingerprint density at radius 3 is 2.85 bits per heavy atom. The van der Waals surface area contributed by atoms with Gasteiger partial charge in [-0.25, -0.2) is 0 Å². The van der Waals surface area contributed by atoms with Crippen LogP contribution in [0.5, 0.6) is 0 Å². The van der Waals surface area contributed by atoms with E-state index in [2.05, 4.69) is 11.8 Å². The first-order chi connectivity index (χ1) is 6.13. The van der Waals surface area contributed by atoms with Gasteiger partial charge in [0.1, 0.15) is 0 Å². The molecule has 0 aromatic heterocycles. The van der Waals surface area contributed by atoms with Gasteiger partial charge in [-0.05, 0) is 38.3 Å². The summed E-state index contributed by atoms with van der Waals surface area (Å²) in [6.45, 7) is 7.86. The van der Waals surface area contributed by atoms with Crippen LogP contribution in [0.4, 0.5) is 0 Å². The summed E-state index contributed by atoms with van der Waals surface area (Å²) in [5.74, 6) is 1.36. The van der Waals surface area contributed by atoms with Crippen molar-refractivity contribution in [2.24, 2.45) is 17.6 Å². The first-order valence-corrected chi connectivity index (χ1v) is 5.24. The fourth-order valence-electron chi connectivity index (χ4n) is 2.07. The standard InChI is InChI=1S/C10H22N2O/c1-8-3-4-12(6-9(2)13)7-10(8)5-11/h8-10,13H,3-7,11H2,1-2H3/t8?,9-,10?/m0/s1. The van der Waals surface area contributed by atoms with E-state index in [1.54, 1.807) is 0 Å². The topological polar surface area (TPSA) is 49.5 Å². The molecule has 0 radical (unpaired) electrons. The van der Waals surface area contributed by atoms with Crippen molar-refractivity contribution in [2.45, 2.75) is 26.4 Å². The molecule has 1 aliphatic heterocycles.